The first-order valence-electron chi connectivity index (χ1n) is 15.2. The number of hydrogen-bond donors (Lipinski definition) is 0. The summed E-state index contributed by atoms with van der Waals surface area (Å²) < 4.78 is 8.90. The van der Waals surface area contributed by atoms with Gasteiger partial charge in [-0.3, -0.25) is 14.2 Å². The Morgan fingerprint density at radius 1 is 1.00 bits per heavy atom. The van der Waals surface area contributed by atoms with Gasteiger partial charge in [-0.1, -0.05) is 55.8 Å². The second-order valence-electron chi connectivity index (χ2n) is 11.5. The molecule has 0 amide bonds. The van der Waals surface area contributed by atoms with Gasteiger partial charge in [0.05, 0.1) is 24.4 Å². The Bertz CT molecular complexity index is 1890. The van der Waals surface area contributed by atoms with Crippen molar-refractivity contribution in [1.82, 2.24) is 19.2 Å². The number of carbonyl (C=O) groups excluding carboxylic acids is 1. The van der Waals surface area contributed by atoms with Crippen LogP contribution in [0.5, 0.6) is 5.75 Å². The smallest absolute Gasteiger partial charge is 0.259 e. The molecule has 0 aliphatic heterocycles. The fraction of sp³-hybridized carbons (Fsp3) is 0.306. The Kier molecular flexibility index (Phi) is 8.38. The van der Waals surface area contributed by atoms with Gasteiger partial charge in [0.1, 0.15) is 12.1 Å². The predicted octanol–water partition coefficient (Wildman–Crippen LogP) is 6.60. The van der Waals surface area contributed by atoms with Gasteiger partial charge in [0.15, 0.2) is 5.78 Å². The molecule has 0 atom stereocenters. The fourth-order valence-electron chi connectivity index (χ4n) is 6.50. The van der Waals surface area contributed by atoms with Crippen molar-refractivity contribution in [2.24, 2.45) is 5.92 Å². The molecule has 3 aromatic carbocycles. The number of hydrogen-bond acceptors (Lipinski definition) is 6. The normalized spacial score (nSPS) is 16.5. The molecule has 2 aromatic heterocycles. The third kappa shape index (κ3) is 5.53. The van der Waals surface area contributed by atoms with Crippen molar-refractivity contribution >= 4 is 11.6 Å². The second kappa shape index (κ2) is 12.7. The molecule has 6 rings (SSSR count). The molecule has 0 radical (unpaired) electrons. The number of fused-ring (bicyclic) bond motifs is 1. The number of nitriles is 1. The summed E-state index contributed by atoms with van der Waals surface area (Å²) in [5, 5.41) is 14.1. The number of carbonyl (C=O) groups is 1. The van der Waals surface area contributed by atoms with Gasteiger partial charge in [0, 0.05) is 29.5 Å². The van der Waals surface area contributed by atoms with E-state index in [2.05, 4.69) is 23.1 Å². The Morgan fingerprint density at radius 2 is 1.73 bits per heavy atom. The Morgan fingerprint density at radius 3 is 2.41 bits per heavy atom. The van der Waals surface area contributed by atoms with Gasteiger partial charge in [-0.25, -0.2) is 4.52 Å². The van der Waals surface area contributed by atoms with Gasteiger partial charge in [0.25, 0.3) is 5.56 Å². The minimum Gasteiger partial charge on any atom is -0.497 e. The van der Waals surface area contributed by atoms with Gasteiger partial charge in [0.2, 0.25) is 5.78 Å². The van der Waals surface area contributed by atoms with Crippen molar-refractivity contribution in [3.63, 3.8) is 0 Å². The lowest BCUT2D eigenvalue weighted by molar-refractivity contribution is 0.0874. The van der Waals surface area contributed by atoms with Crippen molar-refractivity contribution in [3.8, 4) is 22.9 Å². The highest BCUT2D eigenvalue weighted by atomic mass is 16.5. The quantitative estimate of drug-likeness (QED) is 0.181. The van der Waals surface area contributed by atoms with E-state index in [1.54, 1.807) is 7.11 Å². The molecule has 8 nitrogen and oxygen atoms in total. The number of aromatic nitrogens is 4. The summed E-state index contributed by atoms with van der Waals surface area (Å²) in [6, 6.07) is 25.1. The maximum absolute atomic E-state index is 14.3. The van der Waals surface area contributed by atoms with Crippen LogP contribution in [0.1, 0.15) is 77.8 Å². The Balaban J connectivity index is 1.29. The molecule has 44 heavy (non-hydrogen) atoms. The van der Waals surface area contributed by atoms with E-state index in [1.165, 1.54) is 6.33 Å². The van der Waals surface area contributed by atoms with Crippen LogP contribution < -0.4 is 10.3 Å². The fourth-order valence-corrected chi connectivity index (χ4v) is 6.50. The summed E-state index contributed by atoms with van der Waals surface area (Å²) in [7, 11) is 1.61. The van der Waals surface area contributed by atoms with Crippen LogP contribution >= 0.6 is 0 Å². The number of rotatable bonds is 9. The summed E-state index contributed by atoms with van der Waals surface area (Å²) in [4.78, 5) is 32.1. The molecule has 2 heterocycles. The molecular formula is C36H35N5O3. The van der Waals surface area contributed by atoms with E-state index in [0.717, 1.165) is 40.1 Å². The summed E-state index contributed by atoms with van der Waals surface area (Å²) in [6.45, 7) is 2.10. The lowest BCUT2D eigenvalue weighted by Crippen LogP contribution is -2.35. The van der Waals surface area contributed by atoms with E-state index >= 15 is 0 Å². The molecule has 0 bridgehead atoms. The molecule has 0 N–H and O–H groups in total. The molecule has 0 unspecified atom stereocenters. The Hall–Kier alpha value is -5.03. The molecule has 222 valence electrons. The van der Waals surface area contributed by atoms with Crippen molar-refractivity contribution < 1.29 is 9.53 Å². The molecule has 0 spiro atoms. The SMILES string of the molecule is CCCc1c(Cc2ccc(-c3ccccc3C#N)cc2)c(=O)n(C2CCC(C(=O)c3ccc(OC)cc3)CC2)c2ncnn12. The first kappa shape index (κ1) is 29.1. The molecular weight excluding hydrogens is 550 g/mol. The highest BCUT2D eigenvalue weighted by molar-refractivity contribution is 5.98. The molecule has 1 fully saturated rings. The van der Waals surface area contributed by atoms with Crippen LogP contribution in [0.2, 0.25) is 0 Å². The number of ketones is 1. The van der Waals surface area contributed by atoms with E-state index in [4.69, 9.17) is 4.74 Å². The van der Waals surface area contributed by atoms with Crippen LogP contribution in [0.3, 0.4) is 0 Å². The molecule has 1 saturated carbocycles. The molecule has 1 aliphatic rings. The maximum Gasteiger partial charge on any atom is 0.259 e. The molecule has 0 saturated heterocycles. The summed E-state index contributed by atoms with van der Waals surface area (Å²) in [5.74, 6) is 1.36. The first-order valence-corrected chi connectivity index (χ1v) is 15.2. The Labute approximate surface area is 256 Å². The van der Waals surface area contributed by atoms with E-state index in [9.17, 15) is 14.9 Å². The first-order chi connectivity index (χ1) is 21.5. The average Bonchev–Trinajstić information content (AvgIpc) is 3.56. The molecule has 1 aliphatic carbocycles. The molecule has 5 aromatic rings. The lowest BCUT2D eigenvalue weighted by Gasteiger charge is -2.30. The standard InChI is InChI=1S/C36H35N5O3/c1-3-6-33-32(21-24-9-11-25(12-10-24)31-8-5-4-7-28(31)22-37)35(43)40(36-38-23-39-41(33)36)29-17-13-26(14-18-29)34(42)27-15-19-30(44-2)20-16-27/h4-5,7-12,15-16,19-20,23,26,29H,3,6,13-14,17-18,21H2,1-2H3. The largest absolute Gasteiger partial charge is 0.497 e. The van der Waals surface area contributed by atoms with Crippen LogP contribution in [-0.2, 0) is 12.8 Å². The minimum absolute atomic E-state index is 0.0298. The van der Waals surface area contributed by atoms with Crippen LogP contribution in [0.25, 0.3) is 16.9 Å². The number of Topliss-reactive ketones (excluding diaryl/α,β-unsaturated/α-hetero) is 1. The minimum atomic E-state index is -0.0762. The lowest BCUT2D eigenvalue weighted by atomic mass is 9.81. The zero-order valence-electron chi connectivity index (χ0n) is 25.1. The zero-order chi connectivity index (χ0) is 30.6. The predicted molar refractivity (Wildman–Crippen MR) is 169 cm³/mol. The van der Waals surface area contributed by atoms with Gasteiger partial charge >= 0.3 is 0 Å². The van der Waals surface area contributed by atoms with Gasteiger partial charge < -0.3 is 4.74 Å². The van der Waals surface area contributed by atoms with Crippen LogP contribution in [-0.4, -0.2) is 32.1 Å². The zero-order valence-corrected chi connectivity index (χ0v) is 25.1. The van der Waals surface area contributed by atoms with Crippen LogP contribution in [0, 0.1) is 17.2 Å². The van der Waals surface area contributed by atoms with Crippen LogP contribution in [0.4, 0.5) is 0 Å². The third-order valence-electron chi connectivity index (χ3n) is 8.81. The van der Waals surface area contributed by atoms with Gasteiger partial charge in [-0.05, 0) is 79.1 Å². The van der Waals surface area contributed by atoms with Gasteiger partial charge in [-0.2, -0.15) is 15.3 Å². The van der Waals surface area contributed by atoms with E-state index in [0.29, 0.717) is 55.4 Å². The van der Waals surface area contributed by atoms with E-state index in [-0.39, 0.29) is 23.3 Å². The number of nitrogens with zero attached hydrogens (tertiary/aromatic N) is 5. The summed E-state index contributed by atoms with van der Waals surface area (Å²) in [6.07, 6.45) is 6.42. The average molecular weight is 586 g/mol. The van der Waals surface area contributed by atoms with Crippen molar-refractivity contribution in [2.75, 3.05) is 7.11 Å². The van der Waals surface area contributed by atoms with Gasteiger partial charge in [-0.15, -0.1) is 0 Å². The van der Waals surface area contributed by atoms with Crippen molar-refractivity contribution in [3.05, 3.63) is 117 Å². The third-order valence-corrected chi connectivity index (χ3v) is 8.81. The topological polar surface area (TPSA) is 102 Å². The van der Waals surface area contributed by atoms with E-state index in [1.807, 2.05) is 81.9 Å². The van der Waals surface area contributed by atoms with Crippen LogP contribution in [0.15, 0.2) is 83.9 Å². The monoisotopic (exact) mass is 585 g/mol. The maximum atomic E-state index is 14.3. The van der Waals surface area contributed by atoms with Crippen molar-refractivity contribution in [2.45, 2.75) is 57.9 Å². The summed E-state index contributed by atoms with van der Waals surface area (Å²) >= 11 is 0. The van der Waals surface area contributed by atoms with E-state index < -0.39 is 0 Å². The second-order valence-corrected chi connectivity index (χ2v) is 11.5. The number of benzene rings is 3. The number of aryl methyl sites for hydroxylation is 1. The number of ether oxygens (including phenoxy) is 1. The number of methoxy groups -OCH3 is 1. The molecule has 8 heteroatoms. The summed E-state index contributed by atoms with van der Waals surface area (Å²) in [5.41, 5.74) is 5.78. The highest BCUT2D eigenvalue weighted by Crippen LogP contribution is 2.35. The highest BCUT2D eigenvalue weighted by Gasteiger charge is 2.31. The van der Waals surface area contributed by atoms with Crippen molar-refractivity contribution in [1.29, 1.82) is 5.26 Å².